The van der Waals surface area contributed by atoms with Crippen molar-refractivity contribution in [2.45, 2.75) is 129 Å². The van der Waals surface area contributed by atoms with Gasteiger partial charge in [0.25, 0.3) is 23.5 Å². The first-order valence-electron chi connectivity index (χ1n) is 46.4. The highest BCUT2D eigenvalue weighted by Gasteiger charge is 2.45. The maximum atomic E-state index is 12.4. The molecule has 0 amide bonds. The normalized spacial score (nSPS) is 15.5. The minimum absolute atomic E-state index is 0.0174. The van der Waals surface area contributed by atoms with Crippen LogP contribution in [-0.4, -0.2) is 234 Å². The number of benzene rings is 4. The fourth-order valence-electron chi connectivity index (χ4n) is 18.2. The molecule has 4 unspecified atom stereocenters. The van der Waals surface area contributed by atoms with Gasteiger partial charge < -0.3 is 77.1 Å². The van der Waals surface area contributed by atoms with Crippen molar-refractivity contribution >= 4 is 105 Å². The molecular weight excluding hydrogens is 1930 g/mol. The van der Waals surface area contributed by atoms with Gasteiger partial charge >= 0.3 is 0 Å². The lowest BCUT2D eigenvalue weighted by Crippen LogP contribution is -2.35. The van der Waals surface area contributed by atoms with Crippen LogP contribution in [0.5, 0.6) is 46.5 Å². The highest BCUT2D eigenvalue weighted by atomic mass is 35.5. The molecule has 2 saturated heterocycles. The van der Waals surface area contributed by atoms with Gasteiger partial charge in [0.05, 0.1) is 156 Å². The van der Waals surface area contributed by atoms with Crippen molar-refractivity contribution in [1.29, 1.82) is 0 Å². The zero-order valence-electron chi connectivity index (χ0n) is 83.1. The SMILES string of the molecule is C=S(C)(=O)CCOc1c(OC)nc2ccc(C(O)(c3ccc(C)nc3C)c3cnnn3C)cc2c1Cl.COc1nc2ccc(C(O)(c3ccc(C)nc3C)c3cnnn3C)cc2c(Cl)c1OC1CCN(C)CC1.COc1nc2ccc(C(O)(c3ccc(C)nc3C)c3cnnn3C)cc2c(Cl)c1OC1CCOCC1.COc1nc2ccc(C(O)(c3cnc(C)n3C)c3cnc(C)n3C)cc2c(Cl)c1OCC1CC1. The highest BCUT2D eigenvalue weighted by Crippen LogP contribution is 2.51. The Morgan fingerprint density at radius 2 is 0.734 bits per heavy atom. The fraction of sp³-hybridized carbons (Fsp3) is 0.379. The van der Waals surface area contributed by atoms with Crippen molar-refractivity contribution in [3.8, 4) is 46.5 Å². The molecule has 2 aliphatic heterocycles. The summed E-state index contributed by atoms with van der Waals surface area (Å²) >= 11 is 27.5. The number of methoxy groups -OCH3 is 4. The van der Waals surface area contributed by atoms with Gasteiger partial charge in [-0.3, -0.25) is 19.2 Å². The van der Waals surface area contributed by atoms with Crippen molar-refractivity contribution in [2.75, 3.05) is 87.0 Å². The number of hydrogen-bond acceptors (Lipinski definition) is 30. The number of hydrogen-bond donors (Lipinski definition) is 4. The topological polar surface area (TPSA) is 402 Å². The van der Waals surface area contributed by atoms with E-state index >= 15 is 0 Å². The Morgan fingerprint density at radius 1 is 0.413 bits per heavy atom. The number of halogens is 4. The van der Waals surface area contributed by atoms with Gasteiger partial charge in [-0.1, -0.05) is 105 Å². The van der Waals surface area contributed by atoms with Gasteiger partial charge in [0.1, 0.15) is 23.9 Å². The molecule has 16 aromatic rings. The number of aliphatic hydroxyl groups is 4. The van der Waals surface area contributed by atoms with Crippen LogP contribution in [0.25, 0.3) is 43.6 Å². The Bertz CT molecular complexity index is 7520. The predicted octanol–water partition coefficient (Wildman–Crippen LogP) is 14.8. The molecule has 4 aromatic carbocycles. The second-order valence-corrected chi connectivity index (χ2v) is 40.6. The Balaban J connectivity index is 0.000000137. The molecular formula is C103H115Cl4N21O14S. The minimum atomic E-state index is -2.24. The Kier molecular flexibility index (Phi) is 30.4. The van der Waals surface area contributed by atoms with E-state index in [1.165, 1.54) is 25.1 Å². The van der Waals surface area contributed by atoms with Crippen LogP contribution in [-0.2, 0) is 71.9 Å². The van der Waals surface area contributed by atoms with Crippen LogP contribution in [0.1, 0.15) is 152 Å². The molecule has 12 aromatic heterocycles. The summed E-state index contributed by atoms with van der Waals surface area (Å²) in [4.78, 5) is 43.4. The number of aromatic nitrogens is 20. The molecule has 1 saturated carbocycles. The lowest BCUT2D eigenvalue weighted by molar-refractivity contribution is 0.0244. The van der Waals surface area contributed by atoms with Gasteiger partial charge in [0, 0.05) is 146 Å². The van der Waals surface area contributed by atoms with Crippen molar-refractivity contribution in [3.63, 3.8) is 0 Å². The largest absolute Gasteiger partial charge is 0.486 e. The number of ether oxygens (including phenoxy) is 9. The first-order valence-corrected chi connectivity index (χ1v) is 50.2. The molecule has 1 aliphatic carbocycles. The summed E-state index contributed by atoms with van der Waals surface area (Å²) in [6, 6.07) is 33.0. The molecule has 14 heterocycles. The smallest absolute Gasteiger partial charge is 0.258 e. The quantitative estimate of drug-likeness (QED) is 0.0347. The Labute approximate surface area is 847 Å². The van der Waals surface area contributed by atoms with E-state index in [2.05, 4.69) is 93.6 Å². The molecule has 0 spiro atoms. The molecule has 0 bridgehead atoms. The molecule has 0 radical (unpaired) electrons. The van der Waals surface area contributed by atoms with Gasteiger partial charge in [-0.15, -0.1) is 15.3 Å². The van der Waals surface area contributed by atoms with Crippen LogP contribution in [0.2, 0.25) is 20.1 Å². The molecule has 4 N–H and O–H groups in total. The van der Waals surface area contributed by atoms with Crippen molar-refractivity contribution in [1.82, 2.24) is 104 Å². The maximum absolute atomic E-state index is 12.4. The van der Waals surface area contributed by atoms with E-state index in [0.717, 1.165) is 80.3 Å². The monoisotopic (exact) mass is 2040 g/mol. The van der Waals surface area contributed by atoms with Crippen LogP contribution in [0.15, 0.2) is 140 Å². The molecule has 3 fully saturated rings. The molecule has 750 valence electrons. The summed E-state index contributed by atoms with van der Waals surface area (Å²) in [6.07, 6.45) is 15.2. The van der Waals surface area contributed by atoms with E-state index in [0.29, 0.717) is 204 Å². The minimum Gasteiger partial charge on any atom is -0.486 e. The first kappa shape index (κ1) is 103. The lowest BCUT2D eigenvalue weighted by Gasteiger charge is -2.31. The average molecular weight is 2050 g/mol. The van der Waals surface area contributed by atoms with E-state index in [4.69, 9.17) is 89.0 Å². The summed E-state index contributed by atoms with van der Waals surface area (Å²) in [5, 5.41) is 77.6. The zero-order chi connectivity index (χ0) is 102. The molecule has 143 heavy (non-hydrogen) atoms. The third kappa shape index (κ3) is 20.5. The average Bonchev–Trinajstić information content (AvgIpc) is 1.71. The zero-order valence-corrected chi connectivity index (χ0v) is 86.9. The maximum Gasteiger partial charge on any atom is 0.258 e. The number of imidazole rings is 2. The highest BCUT2D eigenvalue weighted by molar-refractivity contribution is 7.99. The number of likely N-dealkylation sites (tertiary alicyclic amines) is 1. The predicted molar refractivity (Wildman–Crippen MR) is 547 cm³/mol. The summed E-state index contributed by atoms with van der Waals surface area (Å²) in [5.74, 6) is 8.69. The van der Waals surface area contributed by atoms with E-state index in [-0.39, 0.29) is 41.2 Å². The molecule has 19 rings (SSSR count). The molecule has 4 atom stereocenters. The molecule has 3 aliphatic rings. The van der Waals surface area contributed by atoms with Gasteiger partial charge in [-0.05, 0) is 198 Å². The molecule has 35 nitrogen and oxygen atoms in total. The van der Waals surface area contributed by atoms with Gasteiger partial charge in [-0.2, -0.15) is 0 Å². The third-order valence-electron chi connectivity index (χ3n) is 26.4. The van der Waals surface area contributed by atoms with Crippen LogP contribution in [0.4, 0.5) is 0 Å². The van der Waals surface area contributed by atoms with Crippen LogP contribution >= 0.6 is 46.4 Å². The van der Waals surface area contributed by atoms with Crippen LogP contribution < -0.4 is 37.9 Å². The summed E-state index contributed by atoms with van der Waals surface area (Å²) in [5.41, 5.74) is 7.52. The number of fused-ring (bicyclic) bond motifs is 4. The van der Waals surface area contributed by atoms with E-state index in [9.17, 15) is 24.6 Å². The van der Waals surface area contributed by atoms with Crippen LogP contribution in [0.3, 0.4) is 0 Å². The molecule has 40 heteroatoms. The van der Waals surface area contributed by atoms with Gasteiger partial charge in [0.15, 0.2) is 22.4 Å². The number of aryl methyl sites for hydroxylation is 11. The lowest BCUT2D eigenvalue weighted by atomic mass is 9.82. The number of piperidine rings is 1. The van der Waals surface area contributed by atoms with Gasteiger partial charge in [-0.25, -0.2) is 43.9 Å². The second-order valence-electron chi connectivity index (χ2n) is 36.4. The summed E-state index contributed by atoms with van der Waals surface area (Å²) < 4.78 is 72.2. The number of pyridine rings is 7. The number of nitrogens with zero attached hydrogens (tertiary/aromatic N) is 21. The van der Waals surface area contributed by atoms with E-state index < -0.39 is 31.9 Å². The van der Waals surface area contributed by atoms with Gasteiger partial charge in [0.2, 0.25) is 23.0 Å². The van der Waals surface area contributed by atoms with Crippen LogP contribution in [0, 0.1) is 61.3 Å². The van der Waals surface area contributed by atoms with E-state index in [1.54, 1.807) is 94.0 Å². The Hall–Kier alpha value is -12.9. The van der Waals surface area contributed by atoms with E-state index in [1.807, 2.05) is 170 Å². The van der Waals surface area contributed by atoms with Crippen molar-refractivity contribution < 1.29 is 67.3 Å². The fourth-order valence-corrected chi connectivity index (χ4v) is 19.7. The standard InChI is InChI=1S/C27H31ClN6O3.C26H28ClN5O4.C25H28ClN5O4S.C25H28ClN5O3/c1-16-6-8-21(17(2)30-16)27(35,23-15-29-32-34(23)4)18-7-9-22-20(14-18)24(28)25(26(31-22)36-5)37-19-10-12-33(3)13-11-19;1-15-5-7-20(16(2)29-15)26(33,22-14-28-31-32(22)3)17-6-8-21-19(13-17)23(27)24(25(30-21)34-4)36-18-9-11-35-12-10-18;1-15-7-9-19(16(2)28-15)25(32,21-14-27-30-31(21)3)17-8-10-20-18(13-17)22(26)23(24(29-20)34-4)35-11-12-36(5,6)33;1-14-27-11-20(30(14)3)25(32,21-12-28-15(2)31(21)4)17-8-9-19-18(10-17)22(26)23(24(29-19)33-5)34-13-16-6-7-16/h6-9,14-15,19,35H,10-13H2,1-5H3;5-8,13-14,18,33H,9-12H2,1-4H3;7-10,13-14,32H,5,11-12H2,1-4,6H3;8-12,16,32H,6-7,13H2,1-5H3. The van der Waals surface area contributed by atoms with Crippen molar-refractivity contribution in [2.24, 2.45) is 41.2 Å². The Morgan fingerprint density at radius 3 is 1.03 bits per heavy atom. The third-order valence-corrected chi connectivity index (χ3v) is 29.0. The van der Waals surface area contributed by atoms with Crippen molar-refractivity contribution in [3.05, 3.63) is 273 Å². The second kappa shape index (κ2) is 42.2. The summed E-state index contributed by atoms with van der Waals surface area (Å²) in [7, 11) is 14.9. The summed E-state index contributed by atoms with van der Waals surface area (Å²) in [6.45, 7) is 19.0. The number of rotatable bonds is 27. The first-order chi connectivity index (χ1) is 68.2.